The van der Waals surface area contributed by atoms with Gasteiger partial charge in [-0.25, -0.2) is 0 Å². The van der Waals surface area contributed by atoms with E-state index in [0.717, 1.165) is 17.1 Å². The smallest absolute Gasteiger partial charge is 0.0783 e. The maximum Gasteiger partial charge on any atom is 0.0783 e. The van der Waals surface area contributed by atoms with Crippen LogP contribution in [0.4, 0.5) is 17.1 Å². The van der Waals surface area contributed by atoms with E-state index in [1.807, 2.05) is 42.4 Å². The molecule has 0 radical (unpaired) electrons. The largest absolute Gasteiger partial charge is 0.399 e. The minimum absolute atomic E-state index is 0.782. The normalized spacial score (nSPS) is 16.0. The first-order chi connectivity index (χ1) is 5.68. The summed E-state index contributed by atoms with van der Waals surface area (Å²) in [5.74, 6) is 0. The topological polar surface area (TPSA) is 44.5 Å². The first kappa shape index (κ1) is 7.24. The Morgan fingerprint density at radius 2 is 2.08 bits per heavy atom. The third-order valence-electron chi connectivity index (χ3n) is 2.10. The Hall–Kier alpha value is -1.42. The number of hydrazine groups is 2. The maximum atomic E-state index is 5.64. The lowest BCUT2D eigenvalue weighted by molar-refractivity contribution is 0.412. The van der Waals surface area contributed by atoms with Crippen LogP contribution >= 0.6 is 0 Å². The van der Waals surface area contributed by atoms with Crippen molar-refractivity contribution in [2.45, 2.75) is 0 Å². The summed E-state index contributed by atoms with van der Waals surface area (Å²) in [5.41, 5.74) is 11.8. The number of nitrogen functional groups attached to an aromatic ring is 1. The second-order valence-electron chi connectivity index (χ2n) is 2.94. The summed E-state index contributed by atoms with van der Waals surface area (Å²) in [6.07, 6.45) is 0. The second-order valence-corrected chi connectivity index (χ2v) is 2.94. The van der Waals surface area contributed by atoms with Crippen molar-refractivity contribution in [2.24, 2.45) is 0 Å². The number of hydrogen-bond donors (Lipinski definition) is 2. The van der Waals surface area contributed by atoms with Crippen LogP contribution < -0.4 is 16.2 Å². The first-order valence-electron chi connectivity index (χ1n) is 3.82. The van der Waals surface area contributed by atoms with Crippen molar-refractivity contribution in [3.63, 3.8) is 0 Å². The SMILES string of the molecule is CN1Nc2cc(N)ccc2N1C. The van der Waals surface area contributed by atoms with Crippen LogP contribution in [-0.4, -0.2) is 19.2 Å². The van der Waals surface area contributed by atoms with Gasteiger partial charge in [0, 0.05) is 19.8 Å². The van der Waals surface area contributed by atoms with Gasteiger partial charge < -0.3 is 5.73 Å². The fourth-order valence-corrected chi connectivity index (χ4v) is 1.34. The molecule has 1 aromatic carbocycles. The highest BCUT2D eigenvalue weighted by Crippen LogP contribution is 2.32. The predicted octanol–water partition coefficient (Wildman–Crippen LogP) is 0.892. The van der Waals surface area contributed by atoms with Crippen LogP contribution in [0.3, 0.4) is 0 Å². The number of hydrogen-bond acceptors (Lipinski definition) is 4. The molecule has 0 unspecified atom stereocenters. The molecule has 1 aliphatic rings. The Bertz CT molecular complexity index is 310. The van der Waals surface area contributed by atoms with E-state index in [1.165, 1.54) is 0 Å². The van der Waals surface area contributed by atoms with E-state index in [4.69, 9.17) is 5.73 Å². The lowest BCUT2D eigenvalue weighted by Crippen LogP contribution is -2.34. The quantitative estimate of drug-likeness (QED) is 0.559. The first-order valence-corrected chi connectivity index (χ1v) is 3.82. The molecule has 64 valence electrons. The highest BCUT2D eigenvalue weighted by atomic mass is 15.8. The van der Waals surface area contributed by atoms with E-state index in [-0.39, 0.29) is 0 Å². The summed E-state index contributed by atoms with van der Waals surface area (Å²) < 4.78 is 0. The molecular weight excluding hydrogens is 152 g/mol. The standard InChI is InChI=1S/C8H12N4/c1-11-8-4-3-6(9)5-7(8)10-12(11)2/h3-5,10H,9H2,1-2H3. The number of fused-ring (bicyclic) bond motifs is 1. The number of anilines is 3. The van der Waals surface area contributed by atoms with Crippen molar-refractivity contribution in [2.75, 3.05) is 30.3 Å². The minimum atomic E-state index is 0.782. The third-order valence-corrected chi connectivity index (χ3v) is 2.10. The number of benzene rings is 1. The van der Waals surface area contributed by atoms with Crippen molar-refractivity contribution in [3.8, 4) is 0 Å². The molecule has 1 heterocycles. The minimum Gasteiger partial charge on any atom is -0.399 e. The molecule has 0 fully saturated rings. The Kier molecular flexibility index (Phi) is 1.38. The predicted molar refractivity (Wildman–Crippen MR) is 50.6 cm³/mol. The van der Waals surface area contributed by atoms with Crippen LogP contribution in [0.25, 0.3) is 0 Å². The summed E-state index contributed by atoms with van der Waals surface area (Å²) >= 11 is 0. The fraction of sp³-hybridized carbons (Fsp3) is 0.250. The van der Waals surface area contributed by atoms with Gasteiger partial charge in [-0.05, 0) is 18.2 Å². The average molecular weight is 164 g/mol. The Balaban J connectivity index is 2.47. The van der Waals surface area contributed by atoms with Crippen molar-refractivity contribution in [1.82, 2.24) is 5.12 Å². The van der Waals surface area contributed by atoms with E-state index in [9.17, 15) is 0 Å². The average Bonchev–Trinajstić information content (AvgIpc) is 2.28. The molecule has 0 atom stereocenters. The molecule has 12 heavy (non-hydrogen) atoms. The van der Waals surface area contributed by atoms with Gasteiger partial charge in [-0.15, -0.1) is 5.12 Å². The fourth-order valence-electron chi connectivity index (χ4n) is 1.34. The maximum absolute atomic E-state index is 5.64. The molecule has 0 spiro atoms. The monoisotopic (exact) mass is 164 g/mol. The zero-order valence-corrected chi connectivity index (χ0v) is 7.20. The molecule has 0 bridgehead atoms. The van der Waals surface area contributed by atoms with Gasteiger partial charge in [-0.2, -0.15) is 0 Å². The highest BCUT2D eigenvalue weighted by molar-refractivity contribution is 5.76. The molecule has 0 saturated carbocycles. The van der Waals surface area contributed by atoms with E-state index in [1.54, 1.807) is 0 Å². The molecular formula is C8H12N4. The van der Waals surface area contributed by atoms with Gasteiger partial charge in [-0.3, -0.25) is 10.4 Å². The number of nitrogens with two attached hydrogens (primary N) is 1. The van der Waals surface area contributed by atoms with Gasteiger partial charge in [-0.1, -0.05) is 0 Å². The van der Waals surface area contributed by atoms with Crippen LogP contribution in [0.1, 0.15) is 0 Å². The zero-order valence-electron chi connectivity index (χ0n) is 7.20. The van der Waals surface area contributed by atoms with E-state index in [0.29, 0.717) is 0 Å². The summed E-state index contributed by atoms with van der Waals surface area (Å²) in [6, 6.07) is 5.83. The van der Waals surface area contributed by atoms with Gasteiger partial charge >= 0.3 is 0 Å². The number of nitrogens with zero attached hydrogens (tertiary/aromatic N) is 2. The van der Waals surface area contributed by atoms with Crippen LogP contribution in [0.5, 0.6) is 0 Å². The van der Waals surface area contributed by atoms with Crippen LogP contribution in [0.2, 0.25) is 0 Å². The second kappa shape index (κ2) is 2.28. The molecule has 0 aliphatic carbocycles. The lowest BCUT2D eigenvalue weighted by atomic mass is 10.2. The Labute approximate surface area is 71.5 Å². The Morgan fingerprint density at radius 1 is 1.33 bits per heavy atom. The van der Waals surface area contributed by atoms with Crippen LogP contribution in [0, 0.1) is 0 Å². The molecule has 1 aliphatic heterocycles. The molecule has 3 N–H and O–H groups in total. The molecule has 0 aromatic heterocycles. The molecule has 2 rings (SSSR count). The van der Waals surface area contributed by atoms with Crippen molar-refractivity contribution in [3.05, 3.63) is 18.2 Å². The molecule has 1 aromatic rings. The molecule has 4 nitrogen and oxygen atoms in total. The Morgan fingerprint density at radius 3 is 2.83 bits per heavy atom. The summed E-state index contributed by atoms with van der Waals surface area (Å²) in [6.45, 7) is 0. The van der Waals surface area contributed by atoms with Crippen molar-refractivity contribution in [1.29, 1.82) is 0 Å². The van der Waals surface area contributed by atoms with Gasteiger partial charge in [0.15, 0.2) is 0 Å². The number of nitrogens with one attached hydrogen (secondary N) is 1. The zero-order chi connectivity index (χ0) is 8.72. The van der Waals surface area contributed by atoms with Gasteiger partial charge in [0.25, 0.3) is 0 Å². The van der Waals surface area contributed by atoms with E-state index >= 15 is 0 Å². The van der Waals surface area contributed by atoms with E-state index in [2.05, 4.69) is 5.43 Å². The third kappa shape index (κ3) is 0.887. The van der Waals surface area contributed by atoms with Crippen LogP contribution in [0.15, 0.2) is 18.2 Å². The molecule has 0 saturated heterocycles. The van der Waals surface area contributed by atoms with Crippen molar-refractivity contribution >= 4 is 17.1 Å². The van der Waals surface area contributed by atoms with E-state index < -0.39 is 0 Å². The lowest BCUT2D eigenvalue weighted by Gasteiger charge is -2.19. The van der Waals surface area contributed by atoms with Gasteiger partial charge in [0.05, 0.1) is 11.4 Å². The van der Waals surface area contributed by atoms with Crippen LogP contribution in [-0.2, 0) is 0 Å². The highest BCUT2D eigenvalue weighted by Gasteiger charge is 2.19. The molecule has 0 amide bonds. The summed E-state index contributed by atoms with van der Waals surface area (Å²) in [4.78, 5) is 0. The summed E-state index contributed by atoms with van der Waals surface area (Å²) in [5, 5.41) is 3.93. The summed E-state index contributed by atoms with van der Waals surface area (Å²) in [7, 11) is 3.95. The van der Waals surface area contributed by atoms with Gasteiger partial charge in [0.1, 0.15) is 0 Å². The number of rotatable bonds is 0. The molecule has 4 heteroatoms. The van der Waals surface area contributed by atoms with Gasteiger partial charge in [0.2, 0.25) is 0 Å². The van der Waals surface area contributed by atoms with Crippen molar-refractivity contribution < 1.29 is 0 Å².